The SMILES string of the molecule is CCN(C(=O)C(C)OC(=O)c1ccc(NC(=O)Nc2ccccc2)cc1)C1CCS(=O)(=O)C1. The van der Waals surface area contributed by atoms with Gasteiger partial charge < -0.3 is 20.3 Å². The van der Waals surface area contributed by atoms with E-state index in [0.717, 1.165) is 0 Å². The number of nitrogens with zero attached hydrogens (tertiary/aromatic N) is 1. The molecular weight excluding hydrogens is 446 g/mol. The van der Waals surface area contributed by atoms with Crippen LogP contribution in [0.15, 0.2) is 54.6 Å². The lowest BCUT2D eigenvalue weighted by molar-refractivity contribution is -0.141. The highest BCUT2D eigenvalue weighted by molar-refractivity contribution is 7.91. The fraction of sp³-hybridized carbons (Fsp3) is 0.348. The van der Waals surface area contributed by atoms with Crippen molar-refractivity contribution in [1.82, 2.24) is 4.90 Å². The number of rotatable bonds is 7. The Morgan fingerprint density at radius 3 is 2.18 bits per heavy atom. The molecule has 10 heteroatoms. The number of urea groups is 1. The van der Waals surface area contributed by atoms with Crippen LogP contribution in [0.3, 0.4) is 0 Å². The van der Waals surface area contributed by atoms with Crippen molar-refractivity contribution in [1.29, 1.82) is 0 Å². The minimum absolute atomic E-state index is 0.0549. The van der Waals surface area contributed by atoms with E-state index in [-0.39, 0.29) is 17.1 Å². The molecule has 0 saturated carbocycles. The second-order valence-electron chi connectivity index (χ2n) is 7.75. The van der Waals surface area contributed by atoms with E-state index in [0.29, 0.717) is 24.3 Å². The molecule has 2 aromatic carbocycles. The zero-order chi connectivity index (χ0) is 24.0. The summed E-state index contributed by atoms with van der Waals surface area (Å²) in [5.74, 6) is -1.13. The van der Waals surface area contributed by atoms with Crippen LogP contribution in [0.5, 0.6) is 0 Å². The normalized spacial score (nSPS) is 17.6. The Hall–Kier alpha value is -3.40. The third-order valence-corrected chi connectivity index (χ3v) is 7.07. The number of anilines is 2. The maximum absolute atomic E-state index is 12.8. The number of benzene rings is 2. The van der Waals surface area contributed by atoms with Crippen LogP contribution in [0.1, 0.15) is 30.6 Å². The molecule has 2 N–H and O–H groups in total. The van der Waals surface area contributed by atoms with Gasteiger partial charge in [0, 0.05) is 24.0 Å². The largest absolute Gasteiger partial charge is 0.449 e. The average Bonchev–Trinajstić information content (AvgIpc) is 3.14. The molecule has 3 rings (SSSR count). The predicted molar refractivity (Wildman–Crippen MR) is 125 cm³/mol. The number of amides is 3. The van der Waals surface area contributed by atoms with Crippen molar-refractivity contribution in [2.24, 2.45) is 0 Å². The molecule has 2 atom stereocenters. The van der Waals surface area contributed by atoms with Gasteiger partial charge in [0.1, 0.15) is 0 Å². The number of para-hydroxylation sites is 1. The first-order valence-electron chi connectivity index (χ1n) is 10.6. The minimum atomic E-state index is -3.14. The quantitative estimate of drug-likeness (QED) is 0.597. The third kappa shape index (κ3) is 6.55. The van der Waals surface area contributed by atoms with E-state index in [1.54, 1.807) is 43.3 Å². The number of hydrogen-bond donors (Lipinski definition) is 2. The van der Waals surface area contributed by atoms with Crippen molar-refractivity contribution in [2.45, 2.75) is 32.4 Å². The Bertz CT molecular complexity index is 1100. The molecule has 1 fully saturated rings. The van der Waals surface area contributed by atoms with Crippen molar-refractivity contribution in [3.63, 3.8) is 0 Å². The van der Waals surface area contributed by atoms with Gasteiger partial charge in [0.25, 0.3) is 5.91 Å². The van der Waals surface area contributed by atoms with Gasteiger partial charge in [0.2, 0.25) is 0 Å². The summed E-state index contributed by atoms with van der Waals surface area (Å²) in [5.41, 5.74) is 1.34. The smallest absolute Gasteiger partial charge is 0.338 e. The minimum Gasteiger partial charge on any atom is -0.449 e. The number of ether oxygens (including phenoxy) is 1. The van der Waals surface area contributed by atoms with Crippen LogP contribution in [-0.4, -0.2) is 61.4 Å². The highest BCUT2D eigenvalue weighted by Crippen LogP contribution is 2.20. The van der Waals surface area contributed by atoms with E-state index < -0.39 is 39.9 Å². The molecule has 33 heavy (non-hydrogen) atoms. The fourth-order valence-corrected chi connectivity index (χ4v) is 5.36. The number of carbonyl (C=O) groups is 3. The number of likely N-dealkylation sites (N-methyl/N-ethyl adjacent to an activating group) is 1. The first kappa shape index (κ1) is 24.2. The first-order valence-corrected chi connectivity index (χ1v) is 12.5. The fourth-order valence-electron chi connectivity index (χ4n) is 3.63. The number of esters is 1. The zero-order valence-corrected chi connectivity index (χ0v) is 19.3. The summed E-state index contributed by atoms with van der Waals surface area (Å²) >= 11 is 0. The van der Waals surface area contributed by atoms with Crippen LogP contribution >= 0.6 is 0 Å². The van der Waals surface area contributed by atoms with Crippen LogP contribution in [-0.2, 0) is 19.4 Å². The van der Waals surface area contributed by atoms with Gasteiger partial charge in [-0.15, -0.1) is 0 Å². The molecule has 0 radical (unpaired) electrons. The van der Waals surface area contributed by atoms with E-state index in [1.165, 1.54) is 24.0 Å². The second-order valence-corrected chi connectivity index (χ2v) is 9.98. The van der Waals surface area contributed by atoms with E-state index in [9.17, 15) is 22.8 Å². The molecular formula is C23H27N3O6S. The number of sulfone groups is 1. The van der Waals surface area contributed by atoms with Crippen LogP contribution in [0.2, 0.25) is 0 Å². The summed E-state index contributed by atoms with van der Waals surface area (Å²) in [6.45, 7) is 3.56. The lowest BCUT2D eigenvalue weighted by Gasteiger charge is -2.29. The molecule has 1 saturated heterocycles. The van der Waals surface area contributed by atoms with Gasteiger partial charge >= 0.3 is 12.0 Å². The van der Waals surface area contributed by atoms with Crippen LogP contribution in [0.25, 0.3) is 0 Å². The van der Waals surface area contributed by atoms with Crippen molar-refractivity contribution < 1.29 is 27.5 Å². The highest BCUT2D eigenvalue weighted by atomic mass is 32.2. The Morgan fingerprint density at radius 1 is 1.03 bits per heavy atom. The van der Waals surface area contributed by atoms with E-state index in [4.69, 9.17) is 4.74 Å². The van der Waals surface area contributed by atoms with Crippen molar-refractivity contribution >= 4 is 39.1 Å². The van der Waals surface area contributed by atoms with Crippen molar-refractivity contribution in [2.75, 3.05) is 28.7 Å². The summed E-state index contributed by atoms with van der Waals surface area (Å²) in [6, 6.07) is 14.2. The molecule has 2 unspecified atom stereocenters. The van der Waals surface area contributed by atoms with Gasteiger partial charge in [-0.05, 0) is 56.7 Å². The van der Waals surface area contributed by atoms with Crippen molar-refractivity contribution in [3.05, 3.63) is 60.2 Å². The Balaban J connectivity index is 1.55. The summed E-state index contributed by atoms with van der Waals surface area (Å²) in [6.07, 6.45) is -0.676. The lowest BCUT2D eigenvalue weighted by atomic mass is 10.2. The maximum atomic E-state index is 12.8. The molecule has 0 bridgehead atoms. The molecule has 9 nitrogen and oxygen atoms in total. The third-order valence-electron chi connectivity index (χ3n) is 5.31. The van der Waals surface area contributed by atoms with Gasteiger partial charge in [-0.25, -0.2) is 18.0 Å². The molecule has 0 spiro atoms. The number of carbonyl (C=O) groups excluding carboxylic acids is 3. The molecule has 1 aliphatic rings. The van der Waals surface area contributed by atoms with Gasteiger partial charge in [0.15, 0.2) is 15.9 Å². The standard InChI is InChI=1S/C23H27N3O6S/c1-3-26(20-13-14-33(30,31)15-20)21(27)16(2)32-22(28)17-9-11-19(12-10-17)25-23(29)24-18-7-5-4-6-8-18/h4-12,16,20H,3,13-15H2,1-2H3,(H2,24,25,29). The monoisotopic (exact) mass is 473 g/mol. The van der Waals surface area contributed by atoms with Crippen LogP contribution < -0.4 is 10.6 Å². The average molecular weight is 474 g/mol. The Morgan fingerprint density at radius 2 is 1.64 bits per heavy atom. The van der Waals surface area contributed by atoms with Crippen molar-refractivity contribution in [3.8, 4) is 0 Å². The van der Waals surface area contributed by atoms with Crippen LogP contribution in [0, 0.1) is 0 Å². The predicted octanol–water partition coefficient (Wildman–Crippen LogP) is 2.91. The van der Waals surface area contributed by atoms with Crippen LogP contribution in [0.4, 0.5) is 16.2 Å². The Labute approximate surface area is 193 Å². The molecule has 1 aliphatic heterocycles. The summed E-state index contributed by atoms with van der Waals surface area (Å²) in [5, 5.41) is 5.35. The summed E-state index contributed by atoms with van der Waals surface area (Å²) in [7, 11) is -3.14. The first-order chi connectivity index (χ1) is 15.7. The van der Waals surface area contributed by atoms with Gasteiger partial charge in [-0.1, -0.05) is 18.2 Å². The van der Waals surface area contributed by atoms with E-state index in [2.05, 4.69) is 10.6 Å². The molecule has 2 aromatic rings. The summed E-state index contributed by atoms with van der Waals surface area (Å²) in [4.78, 5) is 38.8. The molecule has 0 aromatic heterocycles. The molecule has 1 heterocycles. The summed E-state index contributed by atoms with van der Waals surface area (Å²) < 4.78 is 28.8. The molecule has 176 valence electrons. The second kappa shape index (κ2) is 10.5. The van der Waals surface area contributed by atoms with Gasteiger partial charge in [-0.2, -0.15) is 0 Å². The number of hydrogen-bond acceptors (Lipinski definition) is 6. The van der Waals surface area contributed by atoms with Gasteiger partial charge in [0.05, 0.1) is 17.1 Å². The number of nitrogens with one attached hydrogen (secondary N) is 2. The molecule has 0 aliphatic carbocycles. The maximum Gasteiger partial charge on any atom is 0.338 e. The lowest BCUT2D eigenvalue weighted by Crippen LogP contribution is -2.46. The zero-order valence-electron chi connectivity index (χ0n) is 18.5. The highest BCUT2D eigenvalue weighted by Gasteiger charge is 2.36. The van der Waals surface area contributed by atoms with E-state index >= 15 is 0 Å². The van der Waals surface area contributed by atoms with Gasteiger partial charge in [-0.3, -0.25) is 4.79 Å². The molecule has 3 amide bonds. The Kier molecular flexibility index (Phi) is 7.70. The van der Waals surface area contributed by atoms with E-state index in [1.807, 2.05) is 6.07 Å². The topological polar surface area (TPSA) is 122 Å².